The maximum Gasteiger partial charge on any atom is 0.137 e. The molecule has 0 spiro atoms. The second kappa shape index (κ2) is 9.46. The van der Waals surface area contributed by atoms with Crippen LogP contribution in [0.15, 0.2) is 65.8 Å². The Bertz CT molecular complexity index is 1390. The first-order valence-electron chi connectivity index (χ1n) is 12.4. The van der Waals surface area contributed by atoms with Crippen LogP contribution in [0.4, 0.5) is 0 Å². The van der Waals surface area contributed by atoms with E-state index in [9.17, 15) is 10.0 Å². The van der Waals surface area contributed by atoms with Crippen LogP contribution in [0, 0.1) is 12.8 Å². The van der Waals surface area contributed by atoms with E-state index < -0.39 is 0 Å². The van der Waals surface area contributed by atoms with Crippen molar-refractivity contribution in [2.45, 2.75) is 58.9 Å². The van der Waals surface area contributed by atoms with Crippen LogP contribution in [0.2, 0.25) is 0 Å². The summed E-state index contributed by atoms with van der Waals surface area (Å²) in [5, 5.41) is 15.8. The van der Waals surface area contributed by atoms with Gasteiger partial charge >= 0.3 is 0 Å². The van der Waals surface area contributed by atoms with Gasteiger partial charge in [0.05, 0.1) is 0 Å². The van der Waals surface area contributed by atoms with Crippen molar-refractivity contribution in [1.82, 2.24) is 4.57 Å². The van der Waals surface area contributed by atoms with Crippen LogP contribution in [0.25, 0.3) is 21.8 Å². The Balaban J connectivity index is 1.55. The van der Waals surface area contributed by atoms with Gasteiger partial charge in [0.25, 0.3) is 0 Å². The van der Waals surface area contributed by atoms with Gasteiger partial charge < -0.3 is 9.77 Å². The number of aromatic nitrogens is 1. The maximum absolute atomic E-state index is 12.8. The number of oxime groups is 1. The minimum Gasteiger partial charge on any atom is -0.410 e. The summed E-state index contributed by atoms with van der Waals surface area (Å²) in [6.45, 7) is 5.04. The van der Waals surface area contributed by atoms with Crippen molar-refractivity contribution in [3.8, 4) is 0 Å². The molecule has 1 aromatic heterocycles. The molecule has 5 rings (SSSR count). The molecule has 0 atom stereocenters. The van der Waals surface area contributed by atoms with E-state index in [0.29, 0.717) is 30.3 Å². The topological polar surface area (TPSA) is 54.6 Å². The fraction of sp³-hybridized carbons (Fsp3) is 0.333. The van der Waals surface area contributed by atoms with Crippen molar-refractivity contribution in [2.24, 2.45) is 11.1 Å². The summed E-state index contributed by atoms with van der Waals surface area (Å²) < 4.78 is 2.31. The molecule has 4 nitrogen and oxygen atoms in total. The van der Waals surface area contributed by atoms with Crippen molar-refractivity contribution in [3.05, 3.63) is 82.9 Å². The minimum atomic E-state index is 0.348. The third-order valence-corrected chi connectivity index (χ3v) is 7.41. The monoisotopic (exact) mass is 452 g/mol. The SMILES string of the molecule is CCn1c2ccc(CC(=O)CC3CCCC3)cc2c2cc(C(=NO)c3ccccc3C)ccc21. The van der Waals surface area contributed by atoms with Crippen LogP contribution >= 0.6 is 0 Å². The molecule has 0 aliphatic heterocycles. The molecule has 4 heteroatoms. The molecule has 0 unspecified atom stereocenters. The first-order valence-corrected chi connectivity index (χ1v) is 12.4. The van der Waals surface area contributed by atoms with Gasteiger partial charge in [-0.3, -0.25) is 4.79 Å². The van der Waals surface area contributed by atoms with Crippen LogP contribution in [0.1, 0.15) is 61.3 Å². The number of aryl methyl sites for hydroxylation is 2. The summed E-state index contributed by atoms with van der Waals surface area (Å²) >= 11 is 0. The van der Waals surface area contributed by atoms with E-state index in [1.807, 2.05) is 37.3 Å². The smallest absolute Gasteiger partial charge is 0.137 e. The van der Waals surface area contributed by atoms with Gasteiger partial charge in [0.15, 0.2) is 0 Å². The zero-order valence-corrected chi connectivity index (χ0v) is 20.1. The van der Waals surface area contributed by atoms with E-state index in [-0.39, 0.29) is 0 Å². The molecule has 0 amide bonds. The average molecular weight is 453 g/mol. The lowest BCUT2D eigenvalue weighted by atomic mass is 9.95. The number of hydrogen-bond acceptors (Lipinski definition) is 3. The molecule has 0 saturated heterocycles. The summed E-state index contributed by atoms with van der Waals surface area (Å²) in [4.78, 5) is 12.8. The lowest BCUT2D eigenvalue weighted by molar-refractivity contribution is -0.119. The number of benzene rings is 3. The van der Waals surface area contributed by atoms with Crippen LogP contribution in [-0.2, 0) is 17.8 Å². The number of hydrogen-bond donors (Lipinski definition) is 1. The van der Waals surface area contributed by atoms with Gasteiger partial charge in [0.1, 0.15) is 11.5 Å². The van der Waals surface area contributed by atoms with Gasteiger partial charge in [-0.25, -0.2) is 0 Å². The Kier molecular flexibility index (Phi) is 6.23. The number of nitrogens with zero attached hydrogens (tertiary/aromatic N) is 2. The summed E-state index contributed by atoms with van der Waals surface area (Å²) in [5.41, 5.74) is 6.82. The highest BCUT2D eigenvalue weighted by atomic mass is 16.4. The number of carbonyl (C=O) groups excluding carboxylic acids is 1. The van der Waals surface area contributed by atoms with E-state index >= 15 is 0 Å². The van der Waals surface area contributed by atoms with Gasteiger partial charge in [-0.15, -0.1) is 0 Å². The Morgan fingerprint density at radius 3 is 2.41 bits per heavy atom. The highest BCUT2D eigenvalue weighted by molar-refractivity contribution is 6.17. The Labute approximate surface area is 200 Å². The van der Waals surface area contributed by atoms with Crippen molar-refractivity contribution >= 4 is 33.3 Å². The Morgan fingerprint density at radius 2 is 1.71 bits per heavy atom. The Morgan fingerprint density at radius 1 is 1.00 bits per heavy atom. The molecule has 1 aliphatic carbocycles. The van der Waals surface area contributed by atoms with Gasteiger partial charge in [0.2, 0.25) is 0 Å². The van der Waals surface area contributed by atoms with Crippen LogP contribution in [0.5, 0.6) is 0 Å². The number of fused-ring (bicyclic) bond motifs is 3. The summed E-state index contributed by atoms with van der Waals surface area (Å²) in [5.74, 6) is 0.929. The first kappa shape index (κ1) is 22.4. The van der Waals surface area contributed by atoms with E-state index in [4.69, 9.17) is 0 Å². The fourth-order valence-corrected chi connectivity index (χ4v) is 5.69. The van der Waals surface area contributed by atoms with Gasteiger partial charge in [-0.2, -0.15) is 0 Å². The average Bonchev–Trinajstić information content (AvgIpc) is 3.46. The summed E-state index contributed by atoms with van der Waals surface area (Å²) in [7, 11) is 0. The summed E-state index contributed by atoms with van der Waals surface area (Å²) in [6, 6.07) is 20.7. The van der Waals surface area contributed by atoms with Gasteiger partial charge in [-0.05, 0) is 55.2 Å². The molecule has 1 fully saturated rings. The van der Waals surface area contributed by atoms with E-state index in [0.717, 1.165) is 45.1 Å². The van der Waals surface area contributed by atoms with E-state index in [1.165, 1.54) is 31.2 Å². The molecule has 3 aromatic carbocycles. The Hall–Kier alpha value is -3.40. The minimum absolute atomic E-state index is 0.348. The number of Topliss-reactive ketones (excluding diaryl/α,β-unsaturated/α-hetero) is 1. The van der Waals surface area contributed by atoms with Gasteiger partial charge in [0, 0.05) is 52.3 Å². The molecular weight excluding hydrogens is 420 g/mol. The molecule has 174 valence electrons. The second-order valence-electron chi connectivity index (χ2n) is 9.66. The highest BCUT2D eigenvalue weighted by Gasteiger charge is 2.19. The highest BCUT2D eigenvalue weighted by Crippen LogP contribution is 2.32. The quantitative estimate of drug-likeness (QED) is 0.186. The van der Waals surface area contributed by atoms with Gasteiger partial charge in [-0.1, -0.05) is 67.2 Å². The number of ketones is 1. The molecule has 1 saturated carbocycles. The molecule has 1 aliphatic rings. The van der Waals surface area contributed by atoms with Crippen molar-refractivity contribution in [1.29, 1.82) is 0 Å². The molecule has 0 radical (unpaired) electrons. The molecule has 0 bridgehead atoms. The number of rotatable bonds is 7. The molecule has 34 heavy (non-hydrogen) atoms. The van der Waals surface area contributed by atoms with E-state index in [1.54, 1.807) is 0 Å². The van der Waals surface area contributed by atoms with E-state index in [2.05, 4.69) is 47.0 Å². The lowest BCUT2D eigenvalue weighted by Crippen LogP contribution is -2.08. The normalized spacial score (nSPS) is 14.9. The first-order chi connectivity index (χ1) is 16.6. The molecule has 4 aromatic rings. The zero-order valence-electron chi connectivity index (χ0n) is 20.1. The second-order valence-corrected chi connectivity index (χ2v) is 9.66. The third-order valence-electron chi connectivity index (χ3n) is 7.41. The zero-order chi connectivity index (χ0) is 23.7. The van der Waals surface area contributed by atoms with Crippen LogP contribution in [0.3, 0.4) is 0 Å². The largest absolute Gasteiger partial charge is 0.410 e. The molecule has 1 heterocycles. The third kappa shape index (κ3) is 4.13. The van der Waals surface area contributed by atoms with Crippen LogP contribution in [-0.4, -0.2) is 21.3 Å². The standard InChI is InChI=1S/C30H32N2O2/c1-3-32-28-14-12-22(17-24(33)16-21-9-5-6-10-21)18-26(28)27-19-23(13-15-29(27)32)30(31-34)25-11-7-4-8-20(25)2/h4,7-8,11-15,18-19,21,34H,3,5-6,9-10,16-17H2,1-2H3. The molecular formula is C30H32N2O2. The summed E-state index contributed by atoms with van der Waals surface area (Å²) in [6.07, 6.45) is 6.15. The van der Waals surface area contributed by atoms with Crippen molar-refractivity contribution in [3.63, 3.8) is 0 Å². The maximum atomic E-state index is 12.8. The van der Waals surface area contributed by atoms with Crippen molar-refractivity contribution in [2.75, 3.05) is 0 Å². The van der Waals surface area contributed by atoms with Crippen molar-refractivity contribution < 1.29 is 10.0 Å². The predicted octanol–water partition coefficient (Wildman–Crippen LogP) is 7.04. The fourth-order valence-electron chi connectivity index (χ4n) is 5.69. The van der Waals surface area contributed by atoms with Crippen LogP contribution < -0.4 is 0 Å². The predicted molar refractivity (Wildman–Crippen MR) is 139 cm³/mol. The molecule has 1 N–H and O–H groups in total. The lowest BCUT2D eigenvalue weighted by Gasteiger charge is -2.09. The number of carbonyl (C=O) groups is 1.